The van der Waals surface area contributed by atoms with Crippen LogP contribution in [0.25, 0.3) is 21.5 Å². The molecule has 0 saturated carbocycles. The number of allylic oxidation sites excluding steroid dienone is 4. The van der Waals surface area contributed by atoms with Crippen molar-refractivity contribution in [2.24, 2.45) is 5.92 Å². The van der Waals surface area contributed by atoms with Crippen molar-refractivity contribution in [1.29, 1.82) is 0 Å². The maximum Gasteiger partial charge on any atom is -0.0771 e. The van der Waals surface area contributed by atoms with Crippen molar-refractivity contribution in [2.45, 2.75) is 26.7 Å². The second-order valence-electron chi connectivity index (χ2n) is 7.62. The van der Waals surface area contributed by atoms with Gasteiger partial charge in [0.1, 0.15) is 0 Å². The summed E-state index contributed by atoms with van der Waals surface area (Å²) < 4.78 is 2.25. The SMILES string of the molecule is CC(C)C1=CC[C-]=C1.[F-].[F-].[Zr+2]=[CH]Cc1ccccc1.c1ccc2c(c1)[cH-]c1ccccc12. The molecular weight excluding hydrogens is 478 g/mol. The summed E-state index contributed by atoms with van der Waals surface area (Å²) in [7, 11) is 0. The van der Waals surface area contributed by atoms with Gasteiger partial charge in [0.05, 0.1) is 0 Å². The van der Waals surface area contributed by atoms with Crippen molar-refractivity contribution in [3.8, 4) is 0 Å². The van der Waals surface area contributed by atoms with E-state index < -0.39 is 0 Å². The zero-order valence-electron chi connectivity index (χ0n) is 18.6. The Bertz CT molecular complexity index is 1090. The Morgan fingerprint density at radius 3 is 1.81 bits per heavy atom. The van der Waals surface area contributed by atoms with E-state index in [1.165, 1.54) is 56.9 Å². The van der Waals surface area contributed by atoms with Crippen LogP contribution in [-0.2, 0) is 30.7 Å². The molecule has 0 atom stereocenters. The van der Waals surface area contributed by atoms with Gasteiger partial charge in [0.2, 0.25) is 0 Å². The molecule has 0 spiro atoms. The molecule has 0 fully saturated rings. The van der Waals surface area contributed by atoms with E-state index >= 15 is 0 Å². The molecule has 1 aliphatic rings. The standard InChI is InChI=1S/C13H9.C8H11.C8H8.2FH.Zr/c1-3-7-12-10(5-1)9-11-6-2-4-8-13(11)12;1-7(2)8-5-3-4-6-8;1-2-8-6-4-3-5-7-8;;;/h1-9H;5-7H,3H2,1-2H3;1,3-7H,2H2;2*1H;/q2*-1;;;;+2/p-2. The Morgan fingerprint density at radius 2 is 1.38 bits per heavy atom. The number of halogens is 2. The Balaban J connectivity index is 0.000000242. The van der Waals surface area contributed by atoms with E-state index in [4.69, 9.17) is 0 Å². The van der Waals surface area contributed by atoms with Crippen LogP contribution >= 0.6 is 0 Å². The molecule has 4 aromatic rings. The molecule has 5 rings (SSSR count). The largest absolute Gasteiger partial charge is 0.126 e. The quantitative estimate of drug-likeness (QED) is 0.372. The molecule has 0 heterocycles. The summed E-state index contributed by atoms with van der Waals surface area (Å²) in [6.07, 6.45) is 9.60. The van der Waals surface area contributed by atoms with Crippen LogP contribution in [-0.4, -0.2) is 3.71 Å². The van der Waals surface area contributed by atoms with Gasteiger partial charge < -0.3 is 9.41 Å². The summed E-state index contributed by atoms with van der Waals surface area (Å²) in [5.41, 5.74) is 2.85. The minimum Gasteiger partial charge on any atom is -0.126 e. The van der Waals surface area contributed by atoms with Crippen molar-refractivity contribution in [3.05, 3.63) is 114 Å². The van der Waals surface area contributed by atoms with E-state index in [-0.39, 0.29) is 9.41 Å². The molecule has 0 bridgehead atoms. The molecule has 0 nitrogen and oxygen atoms in total. The van der Waals surface area contributed by atoms with E-state index in [9.17, 15) is 0 Å². The normalized spacial score (nSPS) is 11.5. The molecule has 164 valence electrons. The van der Waals surface area contributed by atoms with Gasteiger partial charge in [0.25, 0.3) is 0 Å². The Hall–Kier alpha value is -2.38. The monoisotopic (exact) mass is 504 g/mol. The average molecular weight is 506 g/mol. The third kappa shape index (κ3) is 7.95. The molecule has 0 N–H and O–H groups in total. The van der Waals surface area contributed by atoms with Crippen molar-refractivity contribution in [3.63, 3.8) is 0 Å². The number of hydrogen-bond donors (Lipinski definition) is 0. The van der Waals surface area contributed by atoms with Crippen LogP contribution in [0.15, 0.2) is 103 Å². The van der Waals surface area contributed by atoms with E-state index in [0.29, 0.717) is 5.92 Å². The molecule has 1 aliphatic carbocycles. The van der Waals surface area contributed by atoms with Crippen LogP contribution in [0.4, 0.5) is 0 Å². The molecule has 0 aliphatic heterocycles. The Morgan fingerprint density at radius 1 is 0.844 bits per heavy atom. The average Bonchev–Trinajstić information content (AvgIpc) is 3.44. The molecule has 0 unspecified atom stereocenters. The predicted molar refractivity (Wildman–Crippen MR) is 129 cm³/mol. The van der Waals surface area contributed by atoms with Crippen LogP contribution in [0.1, 0.15) is 25.8 Å². The smallest absolute Gasteiger partial charge is 0.0771 e. The van der Waals surface area contributed by atoms with Gasteiger partial charge in [-0.15, -0.1) is 46.2 Å². The first-order chi connectivity index (χ1) is 14.7. The van der Waals surface area contributed by atoms with Gasteiger partial charge in [-0.05, 0) is 0 Å². The molecule has 0 aromatic heterocycles. The zero-order valence-corrected chi connectivity index (χ0v) is 21.0. The summed E-state index contributed by atoms with van der Waals surface area (Å²) >= 11 is 1.51. The van der Waals surface area contributed by atoms with Crippen LogP contribution in [0.3, 0.4) is 0 Å². The Kier molecular flexibility index (Phi) is 12.7. The fourth-order valence-electron chi connectivity index (χ4n) is 3.45. The fourth-order valence-corrected chi connectivity index (χ4v) is 4.03. The number of rotatable bonds is 3. The maximum atomic E-state index is 3.14. The van der Waals surface area contributed by atoms with E-state index in [1.54, 1.807) is 0 Å². The van der Waals surface area contributed by atoms with Gasteiger partial charge in [-0.3, -0.25) is 6.08 Å². The van der Waals surface area contributed by atoms with Crippen LogP contribution in [0.5, 0.6) is 0 Å². The van der Waals surface area contributed by atoms with E-state index in [0.717, 1.165) is 12.8 Å². The minimum atomic E-state index is 0. The summed E-state index contributed by atoms with van der Waals surface area (Å²) in [5.74, 6) is 0.685. The van der Waals surface area contributed by atoms with Gasteiger partial charge in [0, 0.05) is 0 Å². The minimum absolute atomic E-state index is 0. The van der Waals surface area contributed by atoms with Crippen LogP contribution < -0.4 is 9.41 Å². The van der Waals surface area contributed by atoms with Crippen LogP contribution in [0.2, 0.25) is 0 Å². The first-order valence-corrected chi connectivity index (χ1v) is 11.9. The molecule has 0 saturated heterocycles. The third-order valence-electron chi connectivity index (χ3n) is 5.09. The van der Waals surface area contributed by atoms with Crippen molar-refractivity contribution in [2.75, 3.05) is 0 Å². The van der Waals surface area contributed by atoms with E-state index in [1.807, 2.05) is 6.07 Å². The summed E-state index contributed by atoms with van der Waals surface area (Å²) in [6.45, 7) is 4.41. The summed E-state index contributed by atoms with van der Waals surface area (Å²) in [5, 5.41) is 5.39. The second kappa shape index (κ2) is 14.6. The second-order valence-corrected chi connectivity index (χ2v) is 8.63. The van der Waals surface area contributed by atoms with Gasteiger partial charge in [-0.2, -0.15) is 11.6 Å². The van der Waals surface area contributed by atoms with Crippen molar-refractivity contribution in [1.82, 2.24) is 0 Å². The number of hydrogen-bond acceptors (Lipinski definition) is 0. The maximum absolute atomic E-state index is 3.14. The van der Waals surface area contributed by atoms with E-state index in [2.05, 4.69) is 115 Å². The summed E-state index contributed by atoms with van der Waals surface area (Å²) in [6, 6.07) is 29.8. The molecule has 32 heavy (non-hydrogen) atoms. The first kappa shape index (κ1) is 27.7. The number of fused-ring (bicyclic) bond motifs is 3. The van der Waals surface area contributed by atoms with Gasteiger partial charge in [0.15, 0.2) is 0 Å². The molecule has 3 heteroatoms. The van der Waals surface area contributed by atoms with Gasteiger partial charge >= 0.3 is 70.3 Å². The van der Waals surface area contributed by atoms with Crippen LogP contribution in [0, 0.1) is 12.0 Å². The fraction of sp³-hybridized carbons (Fsp3) is 0.172. The third-order valence-corrected chi connectivity index (χ3v) is 5.60. The molecule has 4 aromatic carbocycles. The predicted octanol–water partition coefficient (Wildman–Crippen LogP) is 1.63. The molecular formula is C29H28F2Zr-2. The van der Waals surface area contributed by atoms with Crippen molar-refractivity contribution < 1.29 is 33.6 Å². The number of benzene rings is 3. The first-order valence-electron chi connectivity index (χ1n) is 10.5. The topological polar surface area (TPSA) is 0 Å². The molecule has 0 amide bonds. The zero-order chi connectivity index (χ0) is 21.2. The van der Waals surface area contributed by atoms with Crippen molar-refractivity contribution >= 4 is 25.3 Å². The summed E-state index contributed by atoms with van der Waals surface area (Å²) in [4.78, 5) is 0. The Labute approximate surface area is 205 Å². The van der Waals surface area contributed by atoms with Gasteiger partial charge in [-0.1, -0.05) is 56.2 Å². The molecule has 0 radical (unpaired) electrons. The van der Waals surface area contributed by atoms with Gasteiger partial charge in [-0.25, -0.2) is 6.08 Å².